The van der Waals surface area contributed by atoms with Crippen LogP contribution in [0.25, 0.3) is 0 Å². The molecule has 2 heterocycles. The van der Waals surface area contributed by atoms with Crippen molar-refractivity contribution < 1.29 is 9.90 Å². The Morgan fingerprint density at radius 1 is 1.53 bits per heavy atom. The van der Waals surface area contributed by atoms with Crippen LogP contribution in [0.5, 0.6) is 0 Å². The molecular formula is C12H19N3O2. The fourth-order valence-corrected chi connectivity index (χ4v) is 2.19. The van der Waals surface area contributed by atoms with E-state index in [0.717, 1.165) is 18.1 Å². The summed E-state index contributed by atoms with van der Waals surface area (Å²) in [4.78, 5) is 11.1. The summed E-state index contributed by atoms with van der Waals surface area (Å²) in [5.41, 5.74) is -0.0500. The van der Waals surface area contributed by atoms with Crippen molar-refractivity contribution in [1.29, 1.82) is 0 Å². The van der Waals surface area contributed by atoms with Crippen molar-refractivity contribution in [1.82, 2.24) is 14.8 Å². The van der Waals surface area contributed by atoms with Crippen molar-refractivity contribution in [3.05, 3.63) is 11.6 Å². The first-order valence-electron chi connectivity index (χ1n) is 6.11. The Kier molecular flexibility index (Phi) is 2.93. The fourth-order valence-electron chi connectivity index (χ4n) is 2.19. The minimum atomic E-state index is -0.718. The fraction of sp³-hybridized carbons (Fsp3) is 0.750. The van der Waals surface area contributed by atoms with Crippen molar-refractivity contribution in [2.45, 2.75) is 52.0 Å². The largest absolute Gasteiger partial charge is 0.481 e. The molecule has 17 heavy (non-hydrogen) atoms. The van der Waals surface area contributed by atoms with Crippen LogP contribution < -0.4 is 0 Å². The van der Waals surface area contributed by atoms with Gasteiger partial charge in [0.2, 0.25) is 0 Å². The van der Waals surface area contributed by atoms with E-state index < -0.39 is 5.97 Å². The molecule has 0 aromatic carbocycles. The summed E-state index contributed by atoms with van der Waals surface area (Å²) in [6.45, 7) is 6.86. The number of aromatic nitrogens is 3. The SMILES string of the molecule is CCC(C)(C)c1nnc2n1CC(C(=O)O)CC2. The number of aryl methyl sites for hydroxylation is 1. The van der Waals surface area contributed by atoms with E-state index in [0.29, 0.717) is 19.4 Å². The molecule has 0 saturated heterocycles. The van der Waals surface area contributed by atoms with Gasteiger partial charge in [-0.25, -0.2) is 0 Å². The lowest BCUT2D eigenvalue weighted by atomic mass is 9.88. The van der Waals surface area contributed by atoms with Crippen LogP contribution in [0.1, 0.15) is 45.3 Å². The van der Waals surface area contributed by atoms with E-state index in [-0.39, 0.29) is 11.3 Å². The van der Waals surface area contributed by atoms with Gasteiger partial charge in [-0.1, -0.05) is 20.8 Å². The van der Waals surface area contributed by atoms with Gasteiger partial charge in [-0.3, -0.25) is 4.79 Å². The Labute approximate surface area is 101 Å². The number of carbonyl (C=O) groups is 1. The Balaban J connectivity index is 2.35. The second kappa shape index (κ2) is 4.13. The van der Waals surface area contributed by atoms with E-state index in [1.807, 2.05) is 4.57 Å². The average Bonchev–Trinajstić information content (AvgIpc) is 2.72. The molecular weight excluding hydrogens is 218 g/mol. The second-order valence-electron chi connectivity index (χ2n) is 5.36. The first kappa shape index (κ1) is 12.1. The number of hydrogen-bond acceptors (Lipinski definition) is 3. The molecule has 1 aliphatic rings. The van der Waals surface area contributed by atoms with E-state index in [4.69, 9.17) is 5.11 Å². The zero-order valence-electron chi connectivity index (χ0n) is 10.6. The molecule has 0 radical (unpaired) electrons. The van der Waals surface area contributed by atoms with Crippen LogP contribution in [0.4, 0.5) is 0 Å². The minimum absolute atomic E-state index is 0.0500. The Morgan fingerprint density at radius 3 is 2.82 bits per heavy atom. The normalized spacial score (nSPS) is 20.1. The molecule has 1 aliphatic heterocycles. The molecule has 0 saturated carbocycles. The van der Waals surface area contributed by atoms with Crippen molar-refractivity contribution in [3.8, 4) is 0 Å². The van der Waals surface area contributed by atoms with Crippen LogP contribution in [0.15, 0.2) is 0 Å². The number of nitrogens with zero attached hydrogens (tertiary/aromatic N) is 3. The number of aliphatic carboxylic acids is 1. The monoisotopic (exact) mass is 237 g/mol. The molecule has 2 rings (SSSR count). The first-order valence-corrected chi connectivity index (χ1v) is 6.11. The number of rotatable bonds is 3. The highest BCUT2D eigenvalue weighted by molar-refractivity contribution is 5.70. The molecule has 1 aromatic rings. The summed E-state index contributed by atoms with van der Waals surface area (Å²) >= 11 is 0. The number of carboxylic acid groups (broad SMARTS) is 1. The van der Waals surface area contributed by atoms with Crippen LogP contribution in [-0.4, -0.2) is 25.8 Å². The maximum absolute atomic E-state index is 11.1. The number of hydrogen-bond donors (Lipinski definition) is 1. The zero-order valence-corrected chi connectivity index (χ0v) is 10.6. The molecule has 0 aliphatic carbocycles. The first-order chi connectivity index (χ1) is 7.95. The van der Waals surface area contributed by atoms with Gasteiger partial charge >= 0.3 is 5.97 Å². The molecule has 5 nitrogen and oxygen atoms in total. The van der Waals surface area contributed by atoms with E-state index >= 15 is 0 Å². The molecule has 0 spiro atoms. The summed E-state index contributed by atoms with van der Waals surface area (Å²) < 4.78 is 2.01. The van der Waals surface area contributed by atoms with Crippen LogP contribution >= 0.6 is 0 Å². The molecule has 5 heteroatoms. The lowest BCUT2D eigenvalue weighted by Gasteiger charge is -2.27. The number of carboxylic acids is 1. The number of fused-ring (bicyclic) bond motifs is 1. The van der Waals surface area contributed by atoms with Gasteiger partial charge in [-0.15, -0.1) is 10.2 Å². The predicted molar refractivity (Wildman–Crippen MR) is 62.8 cm³/mol. The van der Waals surface area contributed by atoms with Gasteiger partial charge in [0.05, 0.1) is 5.92 Å². The third-order valence-electron chi connectivity index (χ3n) is 3.79. The Morgan fingerprint density at radius 2 is 2.24 bits per heavy atom. The van der Waals surface area contributed by atoms with Crippen LogP contribution in [0, 0.1) is 5.92 Å². The van der Waals surface area contributed by atoms with E-state index in [9.17, 15) is 4.79 Å². The van der Waals surface area contributed by atoms with Crippen molar-refractivity contribution in [2.75, 3.05) is 0 Å². The van der Waals surface area contributed by atoms with Gasteiger partial charge < -0.3 is 9.67 Å². The third kappa shape index (κ3) is 2.06. The lowest BCUT2D eigenvalue weighted by molar-refractivity contribution is -0.142. The maximum atomic E-state index is 11.1. The van der Waals surface area contributed by atoms with Gasteiger partial charge in [-0.2, -0.15) is 0 Å². The summed E-state index contributed by atoms with van der Waals surface area (Å²) in [5.74, 6) is 0.828. The van der Waals surface area contributed by atoms with E-state index in [2.05, 4.69) is 31.0 Å². The molecule has 1 unspecified atom stereocenters. The minimum Gasteiger partial charge on any atom is -0.481 e. The summed E-state index contributed by atoms with van der Waals surface area (Å²) in [6, 6.07) is 0. The molecule has 1 N–H and O–H groups in total. The highest BCUT2D eigenvalue weighted by Crippen LogP contribution is 2.29. The van der Waals surface area contributed by atoms with E-state index in [1.165, 1.54) is 0 Å². The second-order valence-corrected chi connectivity index (χ2v) is 5.36. The summed E-state index contributed by atoms with van der Waals surface area (Å²) in [7, 11) is 0. The van der Waals surface area contributed by atoms with Gasteiger partial charge in [-0.05, 0) is 12.8 Å². The lowest BCUT2D eigenvalue weighted by Crippen LogP contribution is -2.31. The maximum Gasteiger partial charge on any atom is 0.308 e. The summed E-state index contributed by atoms with van der Waals surface area (Å²) in [5, 5.41) is 17.5. The van der Waals surface area contributed by atoms with Crippen LogP contribution in [-0.2, 0) is 23.2 Å². The average molecular weight is 237 g/mol. The molecule has 94 valence electrons. The van der Waals surface area contributed by atoms with Gasteiger partial charge in [0.15, 0.2) is 0 Å². The van der Waals surface area contributed by atoms with Crippen molar-refractivity contribution >= 4 is 5.97 Å². The predicted octanol–water partition coefficient (Wildman–Crippen LogP) is 1.61. The highest BCUT2D eigenvalue weighted by Gasteiger charge is 2.32. The van der Waals surface area contributed by atoms with Crippen molar-refractivity contribution in [3.63, 3.8) is 0 Å². The zero-order chi connectivity index (χ0) is 12.6. The Hall–Kier alpha value is -1.39. The molecule has 1 atom stereocenters. The standard InChI is InChI=1S/C12H19N3O2/c1-4-12(2,3)11-14-13-9-6-5-8(10(16)17)7-15(9)11/h8H,4-7H2,1-3H3,(H,16,17). The molecule has 0 amide bonds. The molecule has 1 aromatic heterocycles. The van der Waals surface area contributed by atoms with Gasteiger partial charge in [0.1, 0.15) is 11.6 Å². The quantitative estimate of drug-likeness (QED) is 0.867. The van der Waals surface area contributed by atoms with E-state index in [1.54, 1.807) is 0 Å². The van der Waals surface area contributed by atoms with Gasteiger partial charge in [0.25, 0.3) is 0 Å². The molecule has 0 fully saturated rings. The van der Waals surface area contributed by atoms with Gasteiger partial charge in [0, 0.05) is 18.4 Å². The highest BCUT2D eigenvalue weighted by atomic mass is 16.4. The Bertz CT molecular complexity index is 437. The third-order valence-corrected chi connectivity index (χ3v) is 3.79. The van der Waals surface area contributed by atoms with Crippen molar-refractivity contribution in [2.24, 2.45) is 5.92 Å². The van der Waals surface area contributed by atoms with Crippen LogP contribution in [0.3, 0.4) is 0 Å². The smallest absolute Gasteiger partial charge is 0.308 e. The molecule has 0 bridgehead atoms. The van der Waals surface area contributed by atoms with Crippen LogP contribution in [0.2, 0.25) is 0 Å². The summed E-state index contributed by atoms with van der Waals surface area (Å²) in [6.07, 6.45) is 2.34. The topological polar surface area (TPSA) is 68.0 Å².